The highest BCUT2D eigenvalue weighted by molar-refractivity contribution is 6.36. The van der Waals surface area contributed by atoms with Crippen molar-refractivity contribution in [2.75, 3.05) is 44.2 Å². The van der Waals surface area contributed by atoms with Crippen LogP contribution in [0.5, 0.6) is 6.01 Å². The number of ether oxygens (including phenoxy) is 1. The van der Waals surface area contributed by atoms with Crippen LogP contribution in [0.3, 0.4) is 0 Å². The maximum Gasteiger partial charge on any atom is 0.319 e. The quantitative estimate of drug-likeness (QED) is 0.151. The fourth-order valence-corrected chi connectivity index (χ4v) is 8.48. The van der Waals surface area contributed by atoms with Gasteiger partial charge in [-0.2, -0.15) is 15.2 Å². The van der Waals surface area contributed by atoms with Crippen molar-refractivity contribution < 1.29 is 22.7 Å². The molecular formula is C40H35ClF3N7O2. The zero-order valence-electron chi connectivity index (χ0n) is 28.7. The van der Waals surface area contributed by atoms with Crippen LogP contribution in [0.15, 0.2) is 78.8 Å². The van der Waals surface area contributed by atoms with Crippen LogP contribution in [0.4, 0.5) is 19.0 Å². The number of nitrogens with zero attached hydrogens (tertiary/aromatic N) is 7. The highest BCUT2D eigenvalue weighted by Gasteiger charge is 2.49. The number of hydrogen-bond donors (Lipinski definition) is 0. The Labute approximate surface area is 309 Å². The van der Waals surface area contributed by atoms with Crippen LogP contribution in [0.25, 0.3) is 38.9 Å². The second kappa shape index (κ2) is 14.3. The highest BCUT2D eigenvalue weighted by atomic mass is 35.5. The smallest absolute Gasteiger partial charge is 0.319 e. The summed E-state index contributed by atoms with van der Waals surface area (Å²) < 4.78 is 53.1. The number of carbonyl (C=O) groups excluding carboxylic acids is 1. The molecule has 5 heterocycles. The van der Waals surface area contributed by atoms with Crippen LogP contribution in [0.2, 0.25) is 5.02 Å². The third-order valence-corrected chi connectivity index (χ3v) is 11.0. The number of halogens is 4. The normalized spacial score (nSPS) is 22.0. The van der Waals surface area contributed by atoms with Crippen LogP contribution >= 0.6 is 11.6 Å². The molecule has 2 unspecified atom stereocenters. The number of pyridine rings is 1. The molecule has 3 aromatic carbocycles. The molecule has 8 rings (SSSR count). The van der Waals surface area contributed by atoms with Crippen LogP contribution in [-0.2, 0) is 4.79 Å². The first-order valence-electron chi connectivity index (χ1n) is 17.7. The Bertz CT molecular complexity index is 2280. The highest BCUT2D eigenvalue weighted by Crippen LogP contribution is 2.42. The monoisotopic (exact) mass is 737 g/mol. The Hall–Kier alpha value is -5.25. The van der Waals surface area contributed by atoms with E-state index in [4.69, 9.17) is 21.3 Å². The Kier molecular flexibility index (Phi) is 9.39. The fourth-order valence-electron chi connectivity index (χ4n) is 8.19. The van der Waals surface area contributed by atoms with Gasteiger partial charge in [0.1, 0.15) is 24.1 Å². The number of amides is 1. The molecule has 3 atom stereocenters. The maximum atomic E-state index is 17.0. The van der Waals surface area contributed by atoms with Gasteiger partial charge >= 0.3 is 6.01 Å². The summed E-state index contributed by atoms with van der Waals surface area (Å²) in [7, 11) is 0. The average molecular weight is 738 g/mol. The van der Waals surface area contributed by atoms with Gasteiger partial charge in [-0.3, -0.25) is 14.7 Å². The molecular weight excluding hydrogens is 703 g/mol. The lowest BCUT2D eigenvalue weighted by molar-refractivity contribution is -0.131. The van der Waals surface area contributed by atoms with Crippen LogP contribution in [0, 0.1) is 17.1 Å². The fraction of sp³-hybridized carbons (Fsp3) is 0.325. The van der Waals surface area contributed by atoms with Gasteiger partial charge < -0.3 is 14.5 Å². The molecule has 3 fully saturated rings. The van der Waals surface area contributed by atoms with E-state index in [1.54, 1.807) is 36.4 Å². The first-order chi connectivity index (χ1) is 25.7. The van der Waals surface area contributed by atoms with Gasteiger partial charge in [0.05, 0.1) is 29.8 Å². The lowest BCUT2D eigenvalue weighted by Crippen LogP contribution is -2.55. The van der Waals surface area contributed by atoms with Crippen LogP contribution in [-0.4, -0.2) is 87.7 Å². The molecule has 0 N–H and O–H groups in total. The number of hydrogen-bond acceptors (Lipinski definition) is 8. The largest absolute Gasteiger partial charge is 0.461 e. The van der Waals surface area contributed by atoms with E-state index in [0.29, 0.717) is 45.8 Å². The van der Waals surface area contributed by atoms with Crippen molar-refractivity contribution in [2.45, 2.75) is 43.4 Å². The standard InChI is InChI=1S/C40H35ClF3N7O2/c41-32-10-4-7-25-6-3-9-29(34(25)32)30-11-12-31-36(35(30)44)47-39(53-24-40-14-5-17-50(40)22-26(42)21-40)48-37(31)49-18-19-51(28(23-49)13-15-45)38(52)33(43)20-27-8-1-2-16-46-27/h1-4,6-12,16,20,26,28H,5,13-14,17-19,21-24H2/b33-20-/t26?,28?,40-/m0/s1. The molecule has 9 nitrogen and oxygen atoms in total. The van der Waals surface area contributed by atoms with Crippen molar-refractivity contribution in [2.24, 2.45) is 0 Å². The molecule has 3 aliphatic rings. The minimum absolute atomic E-state index is 0.0156. The van der Waals surface area contributed by atoms with Gasteiger partial charge in [-0.15, -0.1) is 0 Å². The predicted octanol–water partition coefficient (Wildman–Crippen LogP) is 7.53. The number of anilines is 1. The molecule has 0 spiro atoms. The predicted molar refractivity (Wildman–Crippen MR) is 197 cm³/mol. The van der Waals surface area contributed by atoms with E-state index in [9.17, 15) is 14.4 Å². The van der Waals surface area contributed by atoms with Gasteiger partial charge in [0.25, 0.3) is 5.91 Å². The van der Waals surface area contributed by atoms with Crippen molar-refractivity contribution in [1.29, 1.82) is 5.26 Å². The molecule has 0 radical (unpaired) electrons. The number of nitriles is 1. The number of piperazine rings is 1. The van der Waals surface area contributed by atoms with E-state index >= 15 is 8.78 Å². The van der Waals surface area contributed by atoms with Crippen molar-refractivity contribution in [3.63, 3.8) is 0 Å². The van der Waals surface area contributed by atoms with E-state index in [0.717, 1.165) is 30.8 Å². The molecule has 53 heavy (non-hydrogen) atoms. The number of alkyl halides is 1. The molecule has 3 aliphatic heterocycles. The second-order valence-electron chi connectivity index (χ2n) is 13.9. The van der Waals surface area contributed by atoms with E-state index in [1.807, 2.05) is 35.2 Å². The van der Waals surface area contributed by atoms with Crippen molar-refractivity contribution in [3.8, 4) is 23.2 Å². The van der Waals surface area contributed by atoms with E-state index in [2.05, 4.69) is 20.9 Å². The number of aromatic nitrogens is 3. The van der Waals surface area contributed by atoms with E-state index < -0.39 is 35.3 Å². The third-order valence-electron chi connectivity index (χ3n) is 10.7. The molecule has 1 amide bonds. The molecule has 2 aromatic heterocycles. The number of fused-ring (bicyclic) bond motifs is 3. The van der Waals surface area contributed by atoms with Crippen LogP contribution < -0.4 is 9.64 Å². The zero-order valence-corrected chi connectivity index (χ0v) is 29.4. The van der Waals surface area contributed by atoms with Gasteiger partial charge in [0.15, 0.2) is 11.6 Å². The van der Waals surface area contributed by atoms with Crippen molar-refractivity contribution >= 4 is 51.1 Å². The molecule has 0 aliphatic carbocycles. The molecule has 270 valence electrons. The zero-order chi connectivity index (χ0) is 36.7. The molecule has 13 heteroatoms. The summed E-state index contributed by atoms with van der Waals surface area (Å²) in [4.78, 5) is 32.1. The van der Waals surface area contributed by atoms with Gasteiger partial charge in [-0.1, -0.05) is 54.1 Å². The summed E-state index contributed by atoms with van der Waals surface area (Å²) in [5.41, 5.74) is 0.700. The first kappa shape index (κ1) is 34.8. The van der Waals surface area contributed by atoms with E-state index in [-0.39, 0.29) is 49.8 Å². The first-order valence-corrected chi connectivity index (χ1v) is 18.0. The van der Waals surface area contributed by atoms with E-state index in [1.165, 1.54) is 11.1 Å². The van der Waals surface area contributed by atoms with Crippen molar-refractivity contribution in [3.05, 3.63) is 95.3 Å². The van der Waals surface area contributed by atoms with Gasteiger partial charge in [-0.25, -0.2) is 13.2 Å². The Morgan fingerprint density at radius 1 is 1.04 bits per heavy atom. The maximum absolute atomic E-state index is 17.0. The number of rotatable bonds is 8. The Morgan fingerprint density at radius 3 is 2.70 bits per heavy atom. The number of carbonyl (C=O) groups is 1. The molecule has 0 saturated carbocycles. The summed E-state index contributed by atoms with van der Waals surface area (Å²) >= 11 is 6.64. The lowest BCUT2D eigenvalue weighted by atomic mass is 9.95. The average Bonchev–Trinajstić information content (AvgIpc) is 3.70. The lowest BCUT2D eigenvalue weighted by Gasteiger charge is -2.41. The number of benzene rings is 3. The summed E-state index contributed by atoms with van der Waals surface area (Å²) in [6, 6.07) is 20.8. The third kappa shape index (κ3) is 6.53. The molecule has 5 aromatic rings. The van der Waals surface area contributed by atoms with Gasteiger partial charge in [-0.05, 0) is 54.6 Å². The minimum atomic E-state index is -0.992. The summed E-state index contributed by atoms with van der Waals surface area (Å²) in [6.45, 7) is 1.66. The van der Waals surface area contributed by atoms with Crippen LogP contribution in [0.1, 0.15) is 31.4 Å². The topological polar surface area (TPSA) is 98.5 Å². The Balaban J connectivity index is 1.18. The molecule has 3 saturated heterocycles. The second-order valence-corrected chi connectivity index (χ2v) is 14.3. The summed E-state index contributed by atoms with van der Waals surface area (Å²) in [5.74, 6) is -2.09. The summed E-state index contributed by atoms with van der Waals surface area (Å²) in [6.07, 6.45) is 3.57. The van der Waals surface area contributed by atoms with Crippen molar-refractivity contribution in [1.82, 2.24) is 24.8 Å². The SMILES string of the molecule is N#CCC1CN(c2nc(OC[C@@]34CCCN3CC(F)C4)nc3c(F)c(-c4cccc5cccc(Cl)c45)ccc23)CCN1C(=O)/C(F)=C/c1ccccn1. The van der Waals surface area contributed by atoms with Gasteiger partial charge in [0, 0.05) is 66.2 Å². The summed E-state index contributed by atoms with van der Waals surface area (Å²) in [5, 5.41) is 12.2. The molecule has 0 bridgehead atoms. The Morgan fingerprint density at radius 2 is 1.89 bits per heavy atom. The van der Waals surface area contributed by atoms with Gasteiger partial charge in [0.2, 0.25) is 0 Å². The minimum Gasteiger partial charge on any atom is -0.461 e.